The van der Waals surface area contributed by atoms with Crippen molar-refractivity contribution in [1.82, 2.24) is 19.6 Å². The Kier molecular flexibility index (Phi) is 14.1. The first-order chi connectivity index (χ1) is 22.4. The fraction of sp³-hybridized carbons (Fsp3) is 0.694. The van der Waals surface area contributed by atoms with Crippen molar-refractivity contribution in [2.24, 2.45) is 16.2 Å². The molecule has 4 atom stereocenters. The lowest BCUT2D eigenvalue weighted by Crippen LogP contribution is -2.59. The number of carbonyl (C=O) groups excluding carboxylic acids is 1. The van der Waals surface area contributed by atoms with E-state index < -0.39 is 64.3 Å². The van der Waals surface area contributed by atoms with E-state index in [4.69, 9.17) is 0 Å². The fourth-order valence-corrected chi connectivity index (χ4v) is 7.14. The largest absolute Gasteiger partial charge is 0.480 e. The van der Waals surface area contributed by atoms with Gasteiger partial charge >= 0.3 is 23.9 Å². The molecule has 0 spiro atoms. The van der Waals surface area contributed by atoms with Gasteiger partial charge in [0.25, 0.3) is 0 Å². The van der Waals surface area contributed by atoms with Gasteiger partial charge in [0, 0.05) is 57.9 Å². The molecule has 49 heavy (non-hydrogen) atoms. The molecule has 276 valence electrons. The molecule has 13 nitrogen and oxygen atoms in total. The first-order valence-corrected chi connectivity index (χ1v) is 16.9. The highest BCUT2D eigenvalue weighted by Crippen LogP contribution is 2.30. The predicted octanol–water partition coefficient (Wildman–Crippen LogP) is 3.73. The Balaban J connectivity index is 2.76. The van der Waals surface area contributed by atoms with E-state index in [2.05, 4.69) is 0 Å². The van der Waals surface area contributed by atoms with Crippen molar-refractivity contribution in [2.75, 3.05) is 52.4 Å². The summed E-state index contributed by atoms with van der Waals surface area (Å²) in [6.45, 7) is 19.1. The second-order valence-electron chi connectivity index (χ2n) is 16.4. The highest BCUT2D eigenvalue weighted by Gasteiger charge is 2.42. The Morgan fingerprint density at radius 3 is 0.959 bits per heavy atom. The third kappa shape index (κ3) is 11.3. The maximum Gasteiger partial charge on any atom is 0.325 e. The Bertz CT molecular complexity index is 1280. The SMILES string of the molecule is CC(=O)c1ccc(C(C(=O)O)N2CCN(C(C(=O)O)C(C)(C)C)CCN(C(C(=O)O)C(C)(C)C)CCN(C(C(=O)O)C(C)(C)C)CC2)cc1. The van der Waals surface area contributed by atoms with Crippen LogP contribution >= 0.6 is 0 Å². The van der Waals surface area contributed by atoms with Gasteiger partial charge in [-0.25, -0.2) is 0 Å². The zero-order chi connectivity index (χ0) is 37.6. The van der Waals surface area contributed by atoms with Crippen LogP contribution in [0.5, 0.6) is 0 Å². The summed E-state index contributed by atoms with van der Waals surface area (Å²) >= 11 is 0. The molecule has 0 bridgehead atoms. The molecule has 1 aromatic rings. The van der Waals surface area contributed by atoms with Crippen molar-refractivity contribution in [1.29, 1.82) is 0 Å². The number of aliphatic carboxylic acids is 4. The monoisotopic (exact) mass is 690 g/mol. The van der Waals surface area contributed by atoms with E-state index in [1.54, 1.807) is 39.0 Å². The number of rotatable bonds is 10. The number of carbonyl (C=O) groups is 5. The van der Waals surface area contributed by atoms with E-state index in [0.29, 0.717) is 11.1 Å². The van der Waals surface area contributed by atoms with Gasteiger partial charge in [-0.05, 0) is 28.7 Å². The number of hydrogen-bond acceptors (Lipinski definition) is 9. The molecule has 13 heteroatoms. The number of carboxylic acid groups (broad SMARTS) is 4. The molecule has 4 N–H and O–H groups in total. The van der Waals surface area contributed by atoms with Crippen LogP contribution in [0.25, 0.3) is 0 Å². The maximum absolute atomic E-state index is 12.9. The molecule has 1 aliphatic rings. The van der Waals surface area contributed by atoms with Gasteiger partial charge in [-0.1, -0.05) is 86.6 Å². The lowest BCUT2D eigenvalue weighted by atomic mass is 9.84. The minimum atomic E-state index is -1.17. The molecule has 0 amide bonds. The molecule has 1 aromatic carbocycles. The van der Waals surface area contributed by atoms with E-state index in [-0.39, 0.29) is 58.1 Å². The van der Waals surface area contributed by atoms with E-state index in [1.165, 1.54) is 6.92 Å². The molecule has 1 heterocycles. The second-order valence-corrected chi connectivity index (χ2v) is 16.4. The highest BCUT2D eigenvalue weighted by molar-refractivity contribution is 5.94. The third-order valence-electron chi connectivity index (χ3n) is 9.19. The van der Waals surface area contributed by atoms with Crippen molar-refractivity contribution in [3.05, 3.63) is 35.4 Å². The number of Topliss-reactive ketones (excluding diaryl/α,β-unsaturated/α-hetero) is 1. The Morgan fingerprint density at radius 2 is 0.755 bits per heavy atom. The van der Waals surface area contributed by atoms with Crippen LogP contribution < -0.4 is 0 Å². The Morgan fingerprint density at radius 1 is 0.490 bits per heavy atom. The van der Waals surface area contributed by atoms with Crippen molar-refractivity contribution in [3.8, 4) is 0 Å². The van der Waals surface area contributed by atoms with Crippen molar-refractivity contribution in [3.63, 3.8) is 0 Å². The smallest absolute Gasteiger partial charge is 0.325 e. The first kappa shape index (κ1) is 41.8. The van der Waals surface area contributed by atoms with Crippen LogP contribution in [-0.2, 0) is 19.2 Å². The minimum absolute atomic E-state index is 0.119. The number of nitrogens with zero attached hydrogens (tertiary/aromatic N) is 4. The van der Waals surface area contributed by atoms with Gasteiger partial charge in [-0.15, -0.1) is 0 Å². The average Bonchev–Trinajstić information content (AvgIpc) is 2.91. The number of benzene rings is 1. The summed E-state index contributed by atoms with van der Waals surface area (Å²) in [7, 11) is 0. The predicted molar refractivity (Wildman–Crippen MR) is 186 cm³/mol. The third-order valence-corrected chi connectivity index (χ3v) is 9.19. The summed E-state index contributed by atoms with van der Waals surface area (Å²) in [5.41, 5.74) is -1.28. The van der Waals surface area contributed by atoms with Crippen LogP contribution in [0.3, 0.4) is 0 Å². The Hall–Kier alpha value is -3.39. The van der Waals surface area contributed by atoms with E-state index in [9.17, 15) is 44.4 Å². The maximum atomic E-state index is 12.9. The molecule has 1 fully saturated rings. The number of hydrogen-bond donors (Lipinski definition) is 4. The van der Waals surface area contributed by atoms with Crippen LogP contribution in [0.2, 0.25) is 0 Å². The summed E-state index contributed by atoms with van der Waals surface area (Å²) in [5, 5.41) is 41.8. The van der Waals surface area contributed by atoms with Gasteiger partial charge < -0.3 is 20.4 Å². The molecule has 0 aromatic heterocycles. The zero-order valence-electron chi connectivity index (χ0n) is 30.9. The molecule has 0 radical (unpaired) electrons. The van der Waals surface area contributed by atoms with Gasteiger partial charge in [0.1, 0.15) is 24.2 Å². The molecule has 4 unspecified atom stereocenters. The van der Waals surface area contributed by atoms with Gasteiger partial charge in [0.2, 0.25) is 0 Å². The van der Waals surface area contributed by atoms with Gasteiger partial charge in [0.15, 0.2) is 5.78 Å². The molecule has 0 aliphatic carbocycles. The highest BCUT2D eigenvalue weighted by atomic mass is 16.4. The Labute approximate surface area is 290 Å². The van der Waals surface area contributed by atoms with Crippen molar-refractivity contribution < 1.29 is 44.4 Å². The van der Waals surface area contributed by atoms with Crippen LogP contribution in [0, 0.1) is 16.2 Å². The molecule has 1 aliphatic heterocycles. The normalized spacial score (nSPS) is 19.9. The van der Waals surface area contributed by atoms with E-state index in [0.717, 1.165) is 0 Å². The molecule has 1 saturated heterocycles. The van der Waals surface area contributed by atoms with Crippen molar-refractivity contribution >= 4 is 29.7 Å². The van der Waals surface area contributed by atoms with Crippen LogP contribution in [0.15, 0.2) is 24.3 Å². The van der Waals surface area contributed by atoms with E-state index >= 15 is 0 Å². The minimum Gasteiger partial charge on any atom is -0.480 e. The zero-order valence-corrected chi connectivity index (χ0v) is 30.9. The quantitative estimate of drug-likeness (QED) is 0.261. The summed E-state index contributed by atoms with van der Waals surface area (Å²) in [4.78, 5) is 70.2. The molecule has 0 saturated carbocycles. The first-order valence-electron chi connectivity index (χ1n) is 16.9. The van der Waals surface area contributed by atoms with Crippen molar-refractivity contribution in [2.45, 2.75) is 93.4 Å². The van der Waals surface area contributed by atoms with Gasteiger partial charge in [-0.2, -0.15) is 0 Å². The summed E-state index contributed by atoms with van der Waals surface area (Å²) in [6.07, 6.45) is 0. The van der Waals surface area contributed by atoms with E-state index in [1.807, 2.05) is 67.2 Å². The number of ketones is 1. The summed E-state index contributed by atoms with van der Waals surface area (Å²) in [6, 6.07) is 2.30. The van der Waals surface area contributed by atoms with Crippen LogP contribution in [0.4, 0.5) is 0 Å². The molecular weight excluding hydrogens is 632 g/mol. The van der Waals surface area contributed by atoms with Crippen LogP contribution in [0.1, 0.15) is 91.2 Å². The topological polar surface area (TPSA) is 179 Å². The van der Waals surface area contributed by atoms with Gasteiger partial charge in [0.05, 0.1) is 0 Å². The average molecular weight is 691 g/mol. The summed E-state index contributed by atoms with van der Waals surface area (Å²) in [5.74, 6) is -4.42. The summed E-state index contributed by atoms with van der Waals surface area (Å²) < 4.78 is 0. The second kappa shape index (κ2) is 16.5. The standard InChI is InChI=1S/C36H58N4O9/c1-23(41)24-11-13-25(14-12-24)26(30(42)43)37-15-17-38(27(31(44)45)34(2,3)4)19-21-40(29(33(48)49)36(8,9)10)22-20-39(18-16-37)28(32(46)47)35(5,6)7/h11-14,26-29H,15-22H2,1-10H3,(H,42,43)(H,44,45)(H,46,47)(H,48,49). The van der Waals surface area contributed by atoms with Gasteiger partial charge in [-0.3, -0.25) is 43.6 Å². The lowest BCUT2D eigenvalue weighted by molar-refractivity contribution is -0.153. The van der Waals surface area contributed by atoms with Crippen LogP contribution in [-0.4, -0.2) is 140 Å². The number of carboxylic acids is 4. The fourth-order valence-electron chi connectivity index (χ4n) is 7.14. The molecule has 2 rings (SSSR count). The lowest BCUT2D eigenvalue weighted by Gasteiger charge is -2.45. The molecular formula is C36H58N4O9.